The Balaban J connectivity index is 1.24. The van der Waals surface area contributed by atoms with Crippen LogP contribution in [0.15, 0.2) is 66.0 Å². The van der Waals surface area contributed by atoms with Crippen LogP contribution in [-0.2, 0) is 10.2 Å². The van der Waals surface area contributed by atoms with E-state index in [1.807, 2.05) is 66.0 Å². The summed E-state index contributed by atoms with van der Waals surface area (Å²) < 4.78 is 27.3. The fraction of sp³-hybridized carbons (Fsp3) is 0.357. The van der Waals surface area contributed by atoms with Crippen LogP contribution < -0.4 is 10.6 Å². The lowest BCUT2D eigenvalue weighted by atomic mass is 9.73. The van der Waals surface area contributed by atoms with Crippen molar-refractivity contribution in [2.75, 3.05) is 26.2 Å². The van der Waals surface area contributed by atoms with Gasteiger partial charge >= 0.3 is 0 Å². The number of carbonyl (C=O) groups excluding carboxylic acids is 2. The molecular weight excluding hydrogens is 511 g/mol. The van der Waals surface area contributed by atoms with Crippen LogP contribution >= 0.6 is 20.6 Å². The standard InChI is InChI=1S/C28H30F2N3O2PS/c29-28(30,36)18-31-26(35)27(22-10-3-1-8-20(22)21-9-2-4-11-23(21)27)13-5-6-14-33-16-19(17-33)32-25(34)24-12-7-15-37-24/h1-4,7-12,15,19H,5-6,13-14,16-18,36H2,(H,31,35)(H,32,34). The molecule has 1 aliphatic carbocycles. The number of unbranched alkanes of at least 4 members (excludes halogenated alkanes) is 1. The largest absolute Gasteiger partial charge is 0.349 e. The maximum atomic E-state index is 13.7. The molecular formula is C28H30F2N3O2PS. The molecule has 3 aromatic rings. The summed E-state index contributed by atoms with van der Waals surface area (Å²) in [6, 6.07) is 19.4. The minimum Gasteiger partial charge on any atom is -0.349 e. The smallest absolute Gasteiger partial charge is 0.275 e. The fourth-order valence-corrected chi connectivity index (χ4v) is 6.26. The molecule has 0 radical (unpaired) electrons. The summed E-state index contributed by atoms with van der Waals surface area (Å²) in [5.41, 5.74) is -0.352. The topological polar surface area (TPSA) is 61.4 Å². The number of carbonyl (C=O) groups is 2. The molecule has 2 N–H and O–H groups in total. The van der Waals surface area contributed by atoms with Crippen LogP contribution in [0.1, 0.15) is 40.1 Å². The summed E-state index contributed by atoms with van der Waals surface area (Å²) in [5, 5.41) is 7.49. The summed E-state index contributed by atoms with van der Waals surface area (Å²) in [4.78, 5) is 28.9. The molecule has 1 aliphatic heterocycles. The Labute approximate surface area is 221 Å². The molecule has 0 saturated carbocycles. The molecule has 2 aromatic carbocycles. The van der Waals surface area contributed by atoms with E-state index >= 15 is 0 Å². The van der Waals surface area contributed by atoms with Gasteiger partial charge < -0.3 is 10.6 Å². The molecule has 1 saturated heterocycles. The van der Waals surface area contributed by atoms with Gasteiger partial charge in [0.1, 0.15) is 5.41 Å². The maximum Gasteiger partial charge on any atom is 0.275 e. The van der Waals surface area contributed by atoms with Gasteiger partial charge in [-0.1, -0.05) is 70.3 Å². The van der Waals surface area contributed by atoms with Crippen LogP contribution in [0.25, 0.3) is 11.1 Å². The predicted octanol–water partition coefficient (Wildman–Crippen LogP) is 4.88. The van der Waals surface area contributed by atoms with Crippen LogP contribution in [0.4, 0.5) is 8.78 Å². The van der Waals surface area contributed by atoms with E-state index in [9.17, 15) is 18.4 Å². The monoisotopic (exact) mass is 541 g/mol. The van der Waals surface area contributed by atoms with E-state index < -0.39 is 17.6 Å². The van der Waals surface area contributed by atoms with E-state index in [0.717, 1.165) is 59.6 Å². The van der Waals surface area contributed by atoms with Gasteiger partial charge in [-0.05, 0) is 53.1 Å². The number of alkyl halides is 2. The second kappa shape index (κ2) is 10.6. The Morgan fingerprint density at radius 3 is 2.24 bits per heavy atom. The number of nitrogens with one attached hydrogen (secondary N) is 2. The Kier molecular flexibility index (Phi) is 7.44. The third kappa shape index (κ3) is 5.33. The number of nitrogens with zero attached hydrogens (tertiary/aromatic N) is 1. The van der Waals surface area contributed by atoms with Gasteiger partial charge in [-0.25, -0.2) is 8.78 Å². The van der Waals surface area contributed by atoms with E-state index in [1.54, 1.807) is 0 Å². The predicted molar refractivity (Wildman–Crippen MR) is 146 cm³/mol. The highest BCUT2D eigenvalue weighted by molar-refractivity contribution is 7.18. The minimum atomic E-state index is -3.07. The number of rotatable bonds is 10. The molecule has 0 spiro atoms. The quantitative estimate of drug-likeness (QED) is 0.284. The van der Waals surface area contributed by atoms with Gasteiger partial charge in [0.05, 0.1) is 17.5 Å². The number of halogens is 2. The van der Waals surface area contributed by atoms with Crippen LogP contribution in [0, 0.1) is 0 Å². The average Bonchev–Trinajstić information content (AvgIpc) is 3.49. The highest BCUT2D eigenvalue weighted by atomic mass is 32.1. The molecule has 2 aliphatic rings. The molecule has 0 bridgehead atoms. The van der Waals surface area contributed by atoms with Gasteiger partial charge in [0.15, 0.2) is 0 Å². The molecule has 194 valence electrons. The molecule has 2 amide bonds. The number of amides is 2. The molecule has 5 nitrogen and oxygen atoms in total. The van der Waals surface area contributed by atoms with Crippen molar-refractivity contribution in [1.29, 1.82) is 0 Å². The second-order valence-corrected chi connectivity index (χ2v) is 11.6. The van der Waals surface area contributed by atoms with Crippen molar-refractivity contribution in [3.63, 3.8) is 0 Å². The SMILES string of the molecule is O=C(NC1CN(CCCCC2(C(=O)NCC(F)(F)P)c3ccccc3-c3ccccc32)C1)c1cccs1. The molecule has 1 fully saturated rings. The summed E-state index contributed by atoms with van der Waals surface area (Å²) in [5.74, 6) is -0.408. The summed E-state index contributed by atoms with van der Waals surface area (Å²) in [6.07, 6.45) is 2.16. The first-order valence-electron chi connectivity index (χ1n) is 12.5. The maximum absolute atomic E-state index is 13.7. The van der Waals surface area contributed by atoms with Crippen molar-refractivity contribution < 1.29 is 18.4 Å². The van der Waals surface area contributed by atoms with Crippen molar-refractivity contribution in [2.24, 2.45) is 0 Å². The van der Waals surface area contributed by atoms with Crippen molar-refractivity contribution >= 4 is 32.4 Å². The molecule has 9 heteroatoms. The minimum absolute atomic E-state index is 0.0257. The highest BCUT2D eigenvalue weighted by Crippen LogP contribution is 2.51. The Morgan fingerprint density at radius 1 is 1.00 bits per heavy atom. The molecule has 2 heterocycles. The lowest BCUT2D eigenvalue weighted by molar-refractivity contribution is -0.126. The van der Waals surface area contributed by atoms with Crippen molar-refractivity contribution in [3.8, 4) is 11.1 Å². The summed E-state index contributed by atoms with van der Waals surface area (Å²) in [6.45, 7) is 1.74. The average molecular weight is 542 g/mol. The Hall–Kier alpha value is -2.67. The summed E-state index contributed by atoms with van der Waals surface area (Å²) >= 11 is 1.43. The van der Waals surface area contributed by atoms with Crippen LogP contribution in [0.2, 0.25) is 0 Å². The molecule has 1 unspecified atom stereocenters. The third-order valence-electron chi connectivity index (χ3n) is 7.25. The number of likely N-dealkylation sites (tertiary alicyclic amines) is 1. The fourth-order valence-electron chi connectivity index (χ4n) is 5.54. The zero-order chi connectivity index (χ0) is 26.0. The first kappa shape index (κ1) is 26.0. The van der Waals surface area contributed by atoms with E-state index in [-0.39, 0.29) is 17.9 Å². The van der Waals surface area contributed by atoms with Crippen LogP contribution in [0.3, 0.4) is 0 Å². The lowest BCUT2D eigenvalue weighted by Crippen LogP contribution is -2.59. The van der Waals surface area contributed by atoms with Gasteiger partial charge in [-0.15, -0.1) is 11.3 Å². The Morgan fingerprint density at radius 2 is 1.65 bits per heavy atom. The molecule has 1 atom stereocenters. The number of thiophene rings is 1. The van der Waals surface area contributed by atoms with E-state index in [0.29, 0.717) is 6.42 Å². The highest BCUT2D eigenvalue weighted by Gasteiger charge is 2.48. The first-order valence-corrected chi connectivity index (χ1v) is 13.9. The van der Waals surface area contributed by atoms with E-state index in [2.05, 4.69) is 15.5 Å². The normalized spacial score (nSPS) is 16.5. The van der Waals surface area contributed by atoms with Gasteiger partial charge in [0.2, 0.25) is 5.91 Å². The lowest BCUT2D eigenvalue weighted by Gasteiger charge is -2.39. The molecule has 5 rings (SSSR count). The zero-order valence-corrected chi connectivity index (χ0v) is 22.4. The number of hydrogen-bond acceptors (Lipinski definition) is 4. The van der Waals surface area contributed by atoms with Crippen molar-refractivity contribution in [1.82, 2.24) is 15.5 Å². The van der Waals surface area contributed by atoms with Gasteiger partial charge in [0.25, 0.3) is 11.6 Å². The van der Waals surface area contributed by atoms with E-state index in [1.165, 1.54) is 20.6 Å². The molecule has 37 heavy (non-hydrogen) atoms. The number of hydrogen-bond donors (Lipinski definition) is 2. The first-order chi connectivity index (χ1) is 17.8. The van der Waals surface area contributed by atoms with E-state index in [4.69, 9.17) is 0 Å². The number of fused-ring (bicyclic) bond motifs is 3. The number of benzene rings is 2. The second-order valence-electron chi connectivity index (χ2n) is 9.80. The van der Waals surface area contributed by atoms with Crippen LogP contribution in [0.5, 0.6) is 0 Å². The van der Waals surface area contributed by atoms with Gasteiger partial charge in [-0.2, -0.15) is 0 Å². The van der Waals surface area contributed by atoms with Crippen molar-refractivity contribution in [3.05, 3.63) is 82.0 Å². The van der Waals surface area contributed by atoms with Gasteiger partial charge in [0, 0.05) is 13.1 Å². The van der Waals surface area contributed by atoms with Crippen molar-refractivity contribution in [2.45, 2.75) is 36.4 Å². The van der Waals surface area contributed by atoms with Crippen LogP contribution in [-0.4, -0.2) is 54.6 Å². The zero-order valence-electron chi connectivity index (χ0n) is 20.4. The third-order valence-corrected chi connectivity index (χ3v) is 8.32. The molecule has 1 aromatic heterocycles. The van der Waals surface area contributed by atoms with Gasteiger partial charge in [-0.3, -0.25) is 14.5 Å². The Bertz CT molecular complexity index is 1230. The summed E-state index contributed by atoms with van der Waals surface area (Å²) in [7, 11) is 1.50.